The van der Waals surface area contributed by atoms with Gasteiger partial charge in [-0.15, -0.1) is 0 Å². The van der Waals surface area contributed by atoms with Gasteiger partial charge in [0.05, 0.1) is 29.5 Å². The molecule has 0 spiro atoms. The van der Waals surface area contributed by atoms with E-state index in [2.05, 4.69) is 15.6 Å². The Morgan fingerprint density at radius 1 is 1.09 bits per heavy atom. The van der Waals surface area contributed by atoms with E-state index in [4.69, 9.17) is 4.74 Å². The molecule has 32 heavy (non-hydrogen) atoms. The van der Waals surface area contributed by atoms with Crippen molar-refractivity contribution in [3.8, 4) is 5.75 Å². The Balaban J connectivity index is 1.73. The van der Waals surface area contributed by atoms with Gasteiger partial charge in [0, 0.05) is 11.1 Å². The lowest BCUT2D eigenvalue weighted by molar-refractivity contribution is -0.385. The van der Waals surface area contributed by atoms with Crippen molar-refractivity contribution in [3.05, 3.63) is 99.6 Å². The van der Waals surface area contributed by atoms with Crippen molar-refractivity contribution in [2.45, 2.75) is 6.17 Å². The number of anilines is 1. The highest BCUT2D eigenvalue weighted by Gasteiger charge is 2.29. The van der Waals surface area contributed by atoms with Crippen LogP contribution in [0.2, 0.25) is 0 Å². The summed E-state index contributed by atoms with van der Waals surface area (Å²) in [6.45, 7) is 0. The number of nitrogens with zero attached hydrogens (tertiary/aromatic N) is 2. The summed E-state index contributed by atoms with van der Waals surface area (Å²) in [5.74, 6) is -1.13. The molecule has 0 bridgehead atoms. The van der Waals surface area contributed by atoms with Gasteiger partial charge in [0.1, 0.15) is 11.3 Å². The molecule has 9 nitrogen and oxygen atoms in total. The second-order valence-electron chi connectivity index (χ2n) is 6.89. The van der Waals surface area contributed by atoms with E-state index in [-0.39, 0.29) is 11.3 Å². The van der Waals surface area contributed by atoms with Crippen molar-refractivity contribution < 1.29 is 19.2 Å². The van der Waals surface area contributed by atoms with Gasteiger partial charge in [0.15, 0.2) is 0 Å². The van der Waals surface area contributed by atoms with Crippen LogP contribution in [-0.4, -0.2) is 35.7 Å². The Morgan fingerprint density at radius 2 is 1.81 bits per heavy atom. The highest BCUT2D eigenvalue weighted by atomic mass is 16.6. The minimum Gasteiger partial charge on any atom is -0.497 e. The number of carbonyl (C=O) groups is 2. The van der Waals surface area contributed by atoms with E-state index in [9.17, 15) is 19.7 Å². The van der Waals surface area contributed by atoms with Gasteiger partial charge < -0.3 is 15.4 Å². The van der Waals surface area contributed by atoms with Gasteiger partial charge in [0.25, 0.3) is 17.5 Å². The van der Waals surface area contributed by atoms with Crippen LogP contribution >= 0.6 is 0 Å². The zero-order valence-corrected chi connectivity index (χ0v) is 16.9. The minimum absolute atomic E-state index is 0.207. The van der Waals surface area contributed by atoms with Crippen LogP contribution in [0.4, 0.5) is 11.4 Å². The summed E-state index contributed by atoms with van der Waals surface area (Å²) in [6.07, 6.45) is -1.30. The second kappa shape index (κ2) is 8.68. The number of carbonyl (C=O) groups excluding carboxylic acids is 2. The summed E-state index contributed by atoms with van der Waals surface area (Å²) in [7, 11) is 1.37. The molecule has 0 aliphatic carbocycles. The number of hydrogen-bond donors (Lipinski definition) is 2. The van der Waals surface area contributed by atoms with Crippen LogP contribution < -0.4 is 15.4 Å². The van der Waals surface area contributed by atoms with Crippen molar-refractivity contribution in [3.63, 3.8) is 0 Å². The molecule has 1 unspecified atom stereocenters. The van der Waals surface area contributed by atoms with E-state index >= 15 is 0 Å². The summed E-state index contributed by atoms with van der Waals surface area (Å²) in [5, 5.41) is 16.7. The average molecular weight is 430 g/mol. The van der Waals surface area contributed by atoms with Gasteiger partial charge in [-0.2, -0.15) is 0 Å². The lowest BCUT2D eigenvalue weighted by Gasteiger charge is -2.14. The van der Waals surface area contributed by atoms with Crippen molar-refractivity contribution in [1.29, 1.82) is 0 Å². The molecule has 0 saturated carbocycles. The molecular formula is C23H18N4O5. The first-order chi connectivity index (χ1) is 15.5. The van der Waals surface area contributed by atoms with E-state index < -0.39 is 28.6 Å². The third-order valence-electron chi connectivity index (χ3n) is 4.91. The normalized spacial score (nSPS) is 15.0. The van der Waals surface area contributed by atoms with Crippen LogP contribution in [0.15, 0.2) is 77.8 Å². The summed E-state index contributed by atoms with van der Waals surface area (Å²) in [6, 6.07) is 20.3. The number of fused-ring (bicyclic) bond motifs is 1. The molecule has 9 heteroatoms. The quantitative estimate of drug-likeness (QED) is 0.475. The summed E-state index contributed by atoms with van der Waals surface area (Å²) < 4.78 is 5.00. The van der Waals surface area contributed by atoms with E-state index in [1.807, 2.05) is 42.5 Å². The predicted molar refractivity (Wildman–Crippen MR) is 118 cm³/mol. The zero-order chi connectivity index (χ0) is 22.7. The fraction of sp³-hybridized carbons (Fsp3) is 0.0870. The second-order valence-corrected chi connectivity index (χ2v) is 6.89. The highest BCUT2D eigenvalue weighted by Crippen LogP contribution is 2.26. The van der Waals surface area contributed by atoms with Crippen LogP contribution in [0.5, 0.6) is 5.75 Å². The Labute approximate surface area is 182 Å². The third-order valence-corrected chi connectivity index (χ3v) is 4.91. The molecule has 2 N–H and O–H groups in total. The molecule has 1 aliphatic rings. The fourth-order valence-corrected chi connectivity index (χ4v) is 3.36. The number of ether oxygens (including phenoxy) is 1. The first-order valence-electron chi connectivity index (χ1n) is 9.64. The van der Waals surface area contributed by atoms with Crippen molar-refractivity contribution in [2.24, 2.45) is 4.99 Å². The van der Waals surface area contributed by atoms with Gasteiger partial charge in [-0.1, -0.05) is 48.5 Å². The number of nitro groups is 1. The van der Waals surface area contributed by atoms with Gasteiger partial charge in [-0.05, 0) is 18.2 Å². The van der Waals surface area contributed by atoms with Gasteiger partial charge in [-0.3, -0.25) is 19.7 Å². The van der Waals surface area contributed by atoms with Crippen LogP contribution in [0, 0.1) is 10.1 Å². The molecule has 0 aromatic heterocycles. The molecule has 1 aliphatic heterocycles. The topological polar surface area (TPSA) is 123 Å². The molecule has 160 valence electrons. The fourth-order valence-electron chi connectivity index (χ4n) is 3.36. The standard InChI is InChI=1S/C23H18N4O5/c1-32-15-11-12-17(19(13-15)27(30)31)22(28)26-21-23(29)24-18-10-6-5-9-16(18)20(25-21)14-7-3-2-4-8-14/h2-13,21H,1H3,(H,24,29)(H,26,28). The highest BCUT2D eigenvalue weighted by molar-refractivity contribution is 6.20. The maximum absolute atomic E-state index is 12.9. The van der Waals surface area contributed by atoms with E-state index in [0.29, 0.717) is 17.0 Å². The monoisotopic (exact) mass is 430 g/mol. The maximum Gasteiger partial charge on any atom is 0.285 e. The molecule has 1 atom stereocenters. The predicted octanol–water partition coefficient (Wildman–Crippen LogP) is 3.15. The Bertz CT molecular complexity index is 1240. The number of amides is 2. The summed E-state index contributed by atoms with van der Waals surface area (Å²) in [4.78, 5) is 41.1. The molecule has 0 fully saturated rings. The number of rotatable bonds is 5. The number of aliphatic imine (C=N–C) groups is 1. The first-order valence-corrected chi connectivity index (χ1v) is 9.64. The minimum atomic E-state index is -1.30. The Hall–Kier alpha value is -4.53. The number of hydrogen-bond acceptors (Lipinski definition) is 6. The maximum atomic E-state index is 12.9. The third kappa shape index (κ3) is 4.04. The Morgan fingerprint density at radius 3 is 2.53 bits per heavy atom. The number of para-hydroxylation sites is 1. The van der Waals surface area contributed by atoms with Gasteiger partial charge in [-0.25, -0.2) is 4.99 Å². The Kier molecular flexibility index (Phi) is 5.63. The molecule has 2 amide bonds. The van der Waals surface area contributed by atoms with E-state index in [1.54, 1.807) is 12.1 Å². The van der Waals surface area contributed by atoms with E-state index in [1.165, 1.54) is 19.2 Å². The van der Waals surface area contributed by atoms with Crippen molar-refractivity contribution >= 4 is 28.9 Å². The largest absolute Gasteiger partial charge is 0.497 e. The van der Waals surface area contributed by atoms with E-state index in [0.717, 1.165) is 11.6 Å². The van der Waals surface area contributed by atoms with Crippen molar-refractivity contribution in [1.82, 2.24) is 5.32 Å². The number of benzodiazepines with no additional fused rings is 1. The van der Waals surface area contributed by atoms with Crippen LogP contribution in [0.3, 0.4) is 0 Å². The molecule has 4 rings (SSSR count). The van der Waals surface area contributed by atoms with Gasteiger partial charge in [0.2, 0.25) is 6.17 Å². The smallest absolute Gasteiger partial charge is 0.285 e. The molecular weight excluding hydrogens is 412 g/mol. The van der Waals surface area contributed by atoms with Crippen molar-refractivity contribution in [2.75, 3.05) is 12.4 Å². The lowest BCUT2D eigenvalue weighted by atomic mass is 10.0. The number of methoxy groups -OCH3 is 1. The van der Waals surface area contributed by atoms with Crippen LogP contribution in [0.1, 0.15) is 21.5 Å². The van der Waals surface area contributed by atoms with Crippen LogP contribution in [0.25, 0.3) is 0 Å². The lowest BCUT2D eigenvalue weighted by Crippen LogP contribution is -2.42. The summed E-state index contributed by atoms with van der Waals surface area (Å²) >= 11 is 0. The molecule has 0 radical (unpaired) electrons. The van der Waals surface area contributed by atoms with Crippen LogP contribution in [-0.2, 0) is 4.79 Å². The molecule has 3 aromatic carbocycles. The number of benzene rings is 3. The van der Waals surface area contributed by atoms with Gasteiger partial charge >= 0.3 is 0 Å². The first kappa shape index (κ1) is 20.7. The zero-order valence-electron chi connectivity index (χ0n) is 16.9. The molecule has 1 heterocycles. The molecule has 0 saturated heterocycles. The number of nitro benzene ring substituents is 1. The number of nitrogens with one attached hydrogen (secondary N) is 2. The SMILES string of the molecule is COc1ccc(C(=O)NC2N=C(c3ccccc3)c3ccccc3NC2=O)c([N+](=O)[O-])c1. The average Bonchev–Trinajstić information content (AvgIpc) is 2.95. The molecule has 3 aromatic rings. The summed E-state index contributed by atoms with van der Waals surface area (Å²) in [5.41, 5.74) is 1.86.